The third-order valence-electron chi connectivity index (χ3n) is 5.32. The van der Waals surface area contributed by atoms with Crippen LogP contribution in [-0.4, -0.2) is 23.7 Å². The van der Waals surface area contributed by atoms with Gasteiger partial charge in [-0.25, -0.2) is 0 Å². The first-order valence-corrected chi connectivity index (χ1v) is 9.93. The van der Waals surface area contributed by atoms with Crippen molar-refractivity contribution in [1.82, 2.24) is 0 Å². The van der Waals surface area contributed by atoms with Crippen LogP contribution in [0.3, 0.4) is 0 Å². The number of nitrogens with zero attached hydrogens (tertiary/aromatic N) is 1. The lowest BCUT2D eigenvalue weighted by Gasteiger charge is -2.33. The van der Waals surface area contributed by atoms with E-state index in [9.17, 15) is 19.7 Å². The van der Waals surface area contributed by atoms with Crippen LogP contribution in [0.25, 0.3) is 0 Å². The number of hydrogen-bond acceptors (Lipinski definition) is 5. The Balaban J connectivity index is 2.01. The predicted molar refractivity (Wildman–Crippen MR) is 116 cm³/mol. The summed E-state index contributed by atoms with van der Waals surface area (Å²) in [6.45, 7) is -0.739. The molecule has 0 aliphatic heterocycles. The zero-order chi connectivity index (χ0) is 22.1. The average molecular weight is 417 g/mol. The molecule has 0 amide bonds. The van der Waals surface area contributed by atoms with Crippen LogP contribution in [0.1, 0.15) is 16.7 Å². The van der Waals surface area contributed by atoms with Crippen LogP contribution < -0.4 is 0 Å². The van der Waals surface area contributed by atoms with Crippen molar-refractivity contribution >= 4 is 12.3 Å². The molecule has 3 rings (SSSR count). The molecule has 0 saturated heterocycles. The number of aldehydes is 1. The Hall–Kier alpha value is -3.80. The standard InChI is InChI=1S/C25H23NO5/c27-19-25(22-14-8-3-9-15-22,16-20-10-4-1-5-11-20)23(17-26(29)30)24(28)31-18-21-12-6-2-7-13-21/h1-15,19,23H,16-18H2/t23-,25-/m0/s1. The Bertz CT molecular complexity index is 1010. The van der Waals surface area contributed by atoms with Crippen molar-refractivity contribution < 1.29 is 19.2 Å². The first-order chi connectivity index (χ1) is 15.0. The molecule has 0 fully saturated rings. The van der Waals surface area contributed by atoms with Gasteiger partial charge in [0.2, 0.25) is 6.54 Å². The highest BCUT2D eigenvalue weighted by atomic mass is 16.6. The minimum Gasteiger partial charge on any atom is -0.460 e. The number of carbonyl (C=O) groups is 2. The van der Waals surface area contributed by atoms with Crippen LogP contribution >= 0.6 is 0 Å². The Labute approximate surface area is 180 Å². The summed E-state index contributed by atoms with van der Waals surface area (Å²) in [5.41, 5.74) is 0.652. The fourth-order valence-corrected chi connectivity index (χ4v) is 3.73. The number of hydrogen-bond donors (Lipinski definition) is 0. The highest BCUT2D eigenvalue weighted by Gasteiger charge is 2.48. The molecule has 0 aromatic heterocycles. The molecule has 0 bridgehead atoms. The molecular formula is C25H23NO5. The maximum absolute atomic E-state index is 13.1. The van der Waals surface area contributed by atoms with Crippen molar-refractivity contribution in [2.45, 2.75) is 18.4 Å². The highest BCUT2D eigenvalue weighted by Crippen LogP contribution is 2.36. The maximum Gasteiger partial charge on any atom is 0.317 e. The number of esters is 1. The SMILES string of the molecule is O=C[C@@](Cc1ccccc1)(c1ccccc1)[C@@H](C[N+](=O)[O-])C(=O)OCc1ccccc1. The smallest absolute Gasteiger partial charge is 0.317 e. The number of nitro groups is 1. The monoisotopic (exact) mass is 417 g/mol. The third kappa shape index (κ3) is 5.42. The molecular weight excluding hydrogens is 394 g/mol. The normalized spacial score (nSPS) is 13.5. The van der Waals surface area contributed by atoms with Gasteiger partial charge in [-0.1, -0.05) is 91.0 Å². The average Bonchev–Trinajstić information content (AvgIpc) is 2.81. The second-order valence-electron chi connectivity index (χ2n) is 7.35. The molecule has 3 aromatic carbocycles. The molecule has 0 unspecified atom stereocenters. The summed E-state index contributed by atoms with van der Waals surface area (Å²) >= 11 is 0. The van der Waals surface area contributed by atoms with Crippen molar-refractivity contribution in [3.05, 3.63) is 118 Å². The van der Waals surface area contributed by atoms with Crippen LogP contribution in [-0.2, 0) is 32.8 Å². The van der Waals surface area contributed by atoms with E-state index in [1.165, 1.54) is 0 Å². The lowest BCUT2D eigenvalue weighted by atomic mass is 9.67. The maximum atomic E-state index is 13.1. The lowest BCUT2D eigenvalue weighted by Crippen LogP contribution is -2.47. The molecule has 0 aliphatic carbocycles. The Kier molecular flexibility index (Phi) is 7.27. The van der Waals surface area contributed by atoms with E-state index < -0.39 is 28.8 Å². The molecule has 3 aromatic rings. The van der Waals surface area contributed by atoms with Gasteiger partial charge in [0.1, 0.15) is 18.8 Å². The molecule has 0 aliphatic rings. The minimum atomic E-state index is -1.44. The molecule has 0 N–H and O–H groups in total. The first kappa shape index (κ1) is 21.9. The number of ether oxygens (including phenoxy) is 1. The fraction of sp³-hybridized carbons (Fsp3) is 0.200. The van der Waals surface area contributed by atoms with Crippen LogP contribution in [0.15, 0.2) is 91.0 Å². The van der Waals surface area contributed by atoms with E-state index in [4.69, 9.17) is 4.74 Å². The largest absolute Gasteiger partial charge is 0.460 e. The van der Waals surface area contributed by atoms with Gasteiger partial charge in [-0.2, -0.15) is 0 Å². The number of benzene rings is 3. The molecule has 0 saturated carbocycles. The third-order valence-corrected chi connectivity index (χ3v) is 5.32. The summed E-state index contributed by atoms with van der Waals surface area (Å²) in [7, 11) is 0. The van der Waals surface area contributed by atoms with Crippen molar-refractivity contribution in [3.8, 4) is 0 Å². The Morgan fingerprint density at radius 3 is 1.94 bits per heavy atom. The van der Waals surface area contributed by atoms with Gasteiger partial charge >= 0.3 is 5.97 Å². The number of carbonyl (C=O) groups excluding carboxylic acids is 2. The van der Waals surface area contributed by atoms with E-state index in [1.807, 2.05) is 48.5 Å². The van der Waals surface area contributed by atoms with Gasteiger partial charge in [-0.3, -0.25) is 14.9 Å². The zero-order valence-corrected chi connectivity index (χ0v) is 16.9. The minimum absolute atomic E-state index is 0.0248. The summed E-state index contributed by atoms with van der Waals surface area (Å²) in [4.78, 5) is 36.7. The Morgan fingerprint density at radius 2 is 1.42 bits per heavy atom. The van der Waals surface area contributed by atoms with E-state index >= 15 is 0 Å². The summed E-state index contributed by atoms with van der Waals surface area (Å²) in [5, 5.41) is 11.5. The van der Waals surface area contributed by atoms with Crippen molar-refractivity contribution in [2.24, 2.45) is 5.92 Å². The topological polar surface area (TPSA) is 86.5 Å². The van der Waals surface area contributed by atoms with Crippen LogP contribution in [0.4, 0.5) is 0 Å². The van der Waals surface area contributed by atoms with E-state index in [0.29, 0.717) is 11.8 Å². The molecule has 31 heavy (non-hydrogen) atoms. The van der Waals surface area contributed by atoms with Gasteiger partial charge in [0.05, 0.1) is 5.41 Å². The molecule has 0 heterocycles. The van der Waals surface area contributed by atoms with Gasteiger partial charge in [-0.05, 0) is 23.1 Å². The van der Waals surface area contributed by atoms with E-state index in [-0.39, 0.29) is 13.0 Å². The Morgan fingerprint density at radius 1 is 0.903 bits per heavy atom. The molecule has 6 nitrogen and oxygen atoms in total. The van der Waals surface area contributed by atoms with Gasteiger partial charge in [0.15, 0.2) is 0 Å². The van der Waals surface area contributed by atoms with Crippen LogP contribution in [0, 0.1) is 16.0 Å². The van der Waals surface area contributed by atoms with Gasteiger partial charge < -0.3 is 9.53 Å². The van der Waals surface area contributed by atoms with Gasteiger partial charge in [0, 0.05) is 4.92 Å². The second-order valence-corrected chi connectivity index (χ2v) is 7.35. The first-order valence-electron chi connectivity index (χ1n) is 9.93. The van der Waals surface area contributed by atoms with Crippen LogP contribution in [0.5, 0.6) is 0 Å². The van der Waals surface area contributed by atoms with Crippen molar-refractivity contribution in [1.29, 1.82) is 0 Å². The van der Waals surface area contributed by atoms with Gasteiger partial charge in [-0.15, -0.1) is 0 Å². The van der Waals surface area contributed by atoms with Crippen molar-refractivity contribution in [3.63, 3.8) is 0 Å². The van der Waals surface area contributed by atoms with Gasteiger partial charge in [0.25, 0.3) is 0 Å². The molecule has 0 spiro atoms. The number of rotatable bonds is 10. The van der Waals surface area contributed by atoms with E-state index in [0.717, 1.165) is 11.1 Å². The molecule has 6 heteroatoms. The van der Waals surface area contributed by atoms with E-state index in [1.54, 1.807) is 42.5 Å². The zero-order valence-electron chi connectivity index (χ0n) is 16.9. The van der Waals surface area contributed by atoms with E-state index in [2.05, 4.69) is 0 Å². The molecule has 0 radical (unpaired) electrons. The molecule has 158 valence electrons. The summed E-state index contributed by atoms with van der Waals surface area (Å²) in [6.07, 6.45) is 0.799. The highest BCUT2D eigenvalue weighted by molar-refractivity contribution is 5.83. The summed E-state index contributed by atoms with van der Waals surface area (Å²) in [6, 6.07) is 26.9. The second kappa shape index (κ2) is 10.3. The lowest BCUT2D eigenvalue weighted by molar-refractivity contribution is -0.487. The fourth-order valence-electron chi connectivity index (χ4n) is 3.73. The summed E-state index contributed by atoms with van der Waals surface area (Å²) in [5.74, 6) is -2.06. The van der Waals surface area contributed by atoms with Crippen molar-refractivity contribution in [2.75, 3.05) is 6.54 Å². The summed E-state index contributed by atoms with van der Waals surface area (Å²) < 4.78 is 5.46. The predicted octanol–water partition coefficient (Wildman–Crippen LogP) is 4.00. The van der Waals surface area contributed by atoms with Crippen LogP contribution in [0.2, 0.25) is 0 Å². The quantitative estimate of drug-likeness (QED) is 0.215. The molecule has 2 atom stereocenters.